The molecule has 1 aliphatic rings. The largest absolute Gasteiger partial charge is 0.483 e. The molecule has 2 aromatic carbocycles. The van der Waals surface area contributed by atoms with E-state index in [2.05, 4.69) is 59.8 Å². The van der Waals surface area contributed by atoms with Crippen molar-refractivity contribution in [2.75, 3.05) is 37.7 Å². The zero-order chi connectivity index (χ0) is 19.4. The first-order valence-electron chi connectivity index (χ1n) is 9.35. The Bertz CT molecular complexity index is 779. The normalized spacial score (nSPS) is 15.0. The maximum atomic E-state index is 12.6. The highest BCUT2D eigenvalue weighted by Gasteiger charge is 2.23. The maximum absolute atomic E-state index is 12.6. The number of benzene rings is 2. The van der Waals surface area contributed by atoms with Gasteiger partial charge in [0.15, 0.2) is 6.61 Å². The predicted molar refractivity (Wildman–Crippen MR) is 114 cm³/mol. The molecule has 4 nitrogen and oxygen atoms in total. The van der Waals surface area contributed by atoms with Gasteiger partial charge in [0.1, 0.15) is 5.75 Å². The molecule has 0 spiro atoms. The third-order valence-electron chi connectivity index (χ3n) is 4.85. The van der Waals surface area contributed by atoms with Crippen molar-refractivity contribution in [2.24, 2.45) is 0 Å². The van der Waals surface area contributed by atoms with Crippen LogP contribution in [0.15, 0.2) is 53.0 Å². The van der Waals surface area contributed by atoms with Gasteiger partial charge in [-0.2, -0.15) is 0 Å². The number of para-hydroxylation sites is 1. The van der Waals surface area contributed by atoms with E-state index in [1.807, 2.05) is 35.2 Å². The first kappa shape index (κ1) is 19.7. The molecule has 144 valence electrons. The Balaban J connectivity index is 1.57. The number of carbonyl (C=O) groups excluding carboxylic acids is 1. The summed E-state index contributed by atoms with van der Waals surface area (Å²) >= 11 is 3.52. The molecule has 1 aliphatic heterocycles. The molecule has 0 bridgehead atoms. The topological polar surface area (TPSA) is 32.8 Å². The molecule has 1 heterocycles. The third-order valence-corrected chi connectivity index (χ3v) is 5.35. The number of amides is 1. The summed E-state index contributed by atoms with van der Waals surface area (Å²) in [6.07, 6.45) is 0. The molecule has 1 amide bonds. The number of piperazine rings is 1. The molecular weight excluding hydrogens is 404 g/mol. The third kappa shape index (κ3) is 5.04. The lowest BCUT2D eigenvalue weighted by Crippen LogP contribution is -2.50. The van der Waals surface area contributed by atoms with Crippen LogP contribution >= 0.6 is 15.9 Å². The van der Waals surface area contributed by atoms with Crippen LogP contribution in [0.2, 0.25) is 0 Å². The van der Waals surface area contributed by atoms with E-state index >= 15 is 0 Å². The van der Waals surface area contributed by atoms with Crippen LogP contribution in [0.5, 0.6) is 5.75 Å². The molecule has 0 atom stereocenters. The van der Waals surface area contributed by atoms with E-state index in [1.165, 1.54) is 5.69 Å². The van der Waals surface area contributed by atoms with Crippen molar-refractivity contribution in [3.8, 4) is 5.75 Å². The van der Waals surface area contributed by atoms with Gasteiger partial charge in [-0.1, -0.05) is 54.9 Å². The maximum Gasteiger partial charge on any atom is 0.260 e. The summed E-state index contributed by atoms with van der Waals surface area (Å²) in [4.78, 5) is 16.8. The fourth-order valence-corrected chi connectivity index (χ4v) is 3.66. The van der Waals surface area contributed by atoms with Crippen LogP contribution in [0, 0.1) is 0 Å². The first-order valence-corrected chi connectivity index (χ1v) is 10.1. The fraction of sp³-hybridized carbons (Fsp3) is 0.409. The summed E-state index contributed by atoms with van der Waals surface area (Å²) in [5.41, 5.74) is 2.26. The van der Waals surface area contributed by atoms with Gasteiger partial charge < -0.3 is 14.5 Å². The summed E-state index contributed by atoms with van der Waals surface area (Å²) in [6.45, 7) is 9.66. The zero-order valence-electron chi connectivity index (χ0n) is 16.2. The SMILES string of the molecule is CC(C)(C)c1cc(Br)ccc1OCC(=O)N1CCN(c2ccccc2)CC1. The molecule has 3 rings (SSSR count). The second-order valence-corrected chi connectivity index (χ2v) is 8.80. The Kier molecular flexibility index (Phi) is 6.10. The lowest BCUT2D eigenvalue weighted by Gasteiger charge is -2.36. The second-order valence-electron chi connectivity index (χ2n) is 7.88. The van der Waals surface area contributed by atoms with Crippen molar-refractivity contribution in [1.82, 2.24) is 4.90 Å². The van der Waals surface area contributed by atoms with Gasteiger partial charge in [-0.3, -0.25) is 4.79 Å². The van der Waals surface area contributed by atoms with Crippen molar-refractivity contribution in [2.45, 2.75) is 26.2 Å². The van der Waals surface area contributed by atoms with Gasteiger partial charge in [0.05, 0.1) is 0 Å². The lowest BCUT2D eigenvalue weighted by atomic mass is 9.86. The molecule has 0 radical (unpaired) electrons. The second kappa shape index (κ2) is 8.34. The van der Waals surface area contributed by atoms with E-state index in [4.69, 9.17) is 4.74 Å². The molecule has 0 aromatic heterocycles. The van der Waals surface area contributed by atoms with Crippen LogP contribution in [0.4, 0.5) is 5.69 Å². The highest BCUT2D eigenvalue weighted by atomic mass is 79.9. The summed E-state index contributed by atoms with van der Waals surface area (Å²) in [7, 11) is 0. The monoisotopic (exact) mass is 430 g/mol. The number of hydrogen-bond donors (Lipinski definition) is 0. The van der Waals surface area contributed by atoms with Crippen molar-refractivity contribution < 1.29 is 9.53 Å². The van der Waals surface area contributed by atoms with Crippen LogP contribution in [0.25, 0.3) is 0 Å². The molecule has 1 saturated heterocycles. The van der Waals surface area contributed by atoms with E-state index in [-0.39, 0.29) is 17.9 Å². The molecule has 27 heavy (non-hydrogen) atoms. The number of anilines is 1. The number of hydrogen-bond acceptors (Lipinski definition) is 3. The number of carbonyl (C=O) groups is 1. The molecule has 0 unspecified atom stereocenters. The Morgan fingerprint density at radius 2 is 1.70 bits per heavy atom. The van der Waals surface area contributed by atoms with Crippen molar-refractivity contribution in [1.29, 1.82) is 0 Å². The van der Waals surface area contributed by atoms with Gasteiger partial charge in [0.25, 0.3) is 5.91 Å². The Morgan fingerprint density at radius 3 is 2.33 bits per heavy atom. The van der Waals surface area contributed by atoms with Gasteiger partial charge in [0.2, 0.25) is 0 Å². The van der Waals surface area contributed by atoms with E-state index < -0.39 is 0 Å². The average Bonchev–Trinajstić information content (AvgIpc) is 2.67. The van der Waals surface area contributed by atoms with E-state index in [0.29, 0.717) is 0 Å². The first-order chi connectivity index (χ1) is 12.8. The number of rotatable bonds is 4. The highest BCUT2D eigenvalue weighted by Crippen LogP contribution is 2.33. The highest BCUT2D eigenvalue weighted by molar-refractivity contribution is 9.10. The molecule has 2 aromatic rings. The molecule has 1 fully saturated rings. The summed E-state index contributed by atoms with van der Waals surface area (Å²) in [6, 6.07) is 16.3. The Labute approximate surface area is 170 Å². The van der Waals surface area contributed by atoms with Crippen LogP contribution in [-0.2, 0) is 10.2 Å². The molecular formula is C22H27BrN2O2. The average molecular weight is 431 g/mol. The summed E-state index contributed by atoms with van der Waals surface area (Å²) in [5.74, 6) is 0.826. The number of halogens is 1. The predicted octanol–water partition coefficient (Wildman–Crippen LogP) is 4.47. The van der Waals surface area contributed by atoms with Crippen LogP contribution in [-0.4, -0.2) is 43.6 Å². The van der Waals surface area contributed by atoms with Crippen LogP contribution in [0.3, 0.4) is 0 Å². The summed E-state index contributed by atoms with van der Waals surface area (Å²) in [5, 5.41) is 0. The van der Waals surface area contributed by atoms with Gasteiger partial charge >= 0.3 is 0 Å². The van der Waals surface area contributed by atoms with Crippen molar-refractivity contribution in [3.05, 3.63) is 58.6 Å². The minimum absolute atomic E-state index is 0.0467. The van der Waals surface area contributed by atoms with E-state index in [1.54, 1.807) is 0 Å². The van der Waals surface area contributed by atoms with Crippen LogP contribution in [0.1, 0.15) is 26.3 Å². The number of ether oxygens (including phenoxy) is 1. The minimum Gasteiger partial charge on any atom is -0.483 e. The number of nitrogens with zero attached hydrogens (tertiary/aromatic N) is 2. The molecule has 0 N–H and O–H groups in total. The minimum atomic E-state index is -0.0521. The zero-order valence-corrected chi connectivity index (χ0v) is 17.8. The van der Waals surface area contributed by atoms with E-state index in [9.17, 15) is 4.79 Å². The molecule has 0 aliphatic carbocycles. The fourth-order valence-electron chi connectivity index (χ4n) is 3.30. The smallest absolute Gasteiger partial charge is 0.260 e. The van der Waals surface area contributed by atoms with Gasteiger partial charge in [-0.05, 0) is 35.7 Å². The van der Waals surface area contributed by atoms with Crippen molar-refractivity contribution >= 4 is 27.5 Å². The molecule has 5 heteroatoms. The van der Waals surface area contributed by atoms with E-state index in [0.717, 1.165) is 42.0 Å². The lowest BCUT2D eigenvalue weighted by molar-refractivity contribution is -0.133. The molecule has 0 saturated carbocycles. The van der Waals surface area contributed by atoms with Crippen LogP contribution < -0.4 is 9.64 Å². The van der Waals surface area contributed by atoms with Gasteiger partial charge in [0, 0.05) is 41.9 Å². The Hall–Kier alpha value is -2.01. The van der Waals surface area contributed by atoms with Gasteiger partial charge in [-0.25, -0.2) is 0 Å². The quantitative estimate of drug-likeness (QED) is 0.716. The summed E-state index contributed by atoms with van der Waals surface area (Å²) < 4.78 is 6.94. The van der Waals surface area contributed by atoms with Crippen molar-refractivity contribution in [3.63, 3.8) is 0 Å². The van der Waals surface area contributed by atoms with Gasteiger partial charge in [-0.15, -0.1) is 0 Å². The standard InChI is InChI=1S/C22H27BrN2O2/c1-22(2,3)19-15-17(23)9-10-20(19)27-16-21(26)25-13-11-24(12-14-25)18-7-5-4-6-8-18/h4-10,15H,11-14,16H2,1-3H3. The Morgan fingerprint density at radius 1 is 1.04 bits per heavy atom.